The third-order valence-corrected chi connectivity index (χ3v) is 12.5. The minimum Gasteiger partial charge on any atom is -0.462 e. The van der Waals surface area contributed by atoms with Crippen LogP contribution in [-0.4, -0.2) is 109 Å². The van der Waals surface area contributed by atoms with Gasteiger partial charge in [-0.1, -0.05) is 141 Å². The summed E-state index contributed by atoms with van der Waals surface area (Å²) in [6.45, 7) is 4.09. The first-order valence-electron chi connectivity index (χ1n) is 24.3. The lowest BCUT2D eigenvalue weighted by Crippen LogP contribution is -2.37. The zero-order chi connectivity index (χ0) is 45.2. The molecule has 0 bridgehead atoms. The first-order chi connectivity index (χ1) is 29.2. The summed E-state index contributed by atoms with van der Waals surface area (Å²) in [6, 6.07) is 0. The molecule has 12 nitrogen and oxygen atoms in total. The van der Waals surface area contributed by atoms with Crippen LogP contribution in [0, 0.1) is 11.8 Å². The summed E-state index contributed by atoms with van der Waals surface area (Å²) in [5, 5.41) is 31.4. The number of carbonyl (C=O) groups excluding carboxylic acids is 2. The van der Waals surface area contributed by atoms with E-state index in [2.05, 4.69) is 26.0 Å². The topological polar surface area (TPSA) is 169 Å². The van der Waals surface area contributed by atoms with Crippen molar-refractivity contribution in [3.05, 3.63) is 24.3 Å². The van der Waals surface area contributed by atoms with Gasteiger partial charge in [0.05, 0.1) is 46.1 Å². The van der Waals surface area contributed by atoms with Gasteiger partial charge >= 0.3 is 19.8 Å². The maximum absolute atomic E-state index is 12.8. The number of hydrogen-bond donors (Lipinski definition) is 4. The summed E-state index contributed by atoms with van der Waals surface area (Å²) in [4.78, 5) is 35.7. The number of likely N-dealkylation sites (N-methyl/N-ethyl adjacent to an activating group) is 1. The van der Waals surface area contributed by atoms with Crippen LogP contribution < -0.4 is 0 Å². The number of rotatable bonds is 40. The van der Waals surface area contributed by atoms with E-state index in [1.54, 1.807) is 6.08 Å². The Labute approximate surface area is 371 Å². The van der Waals surface area contributed by atoms with Crippen molar-refractivity contribution < 1.29 is 57.4 Å². The number of hydrogen-bond acceptors (Lipinski definition) is 10. The fourth-order valence-corrected chi connectivity index (χ4v) is 8.44. The molecule has 13 heteroatoms. The molecule has 0 aromatic heterocycles. The summed E-state index contributed by atoms with van der Waals surface area (Å²) in [5.74, 6) is -1.21. The van der Waals surface area contributed by atoms with Crippen molar-refractivity contribution in [1.82, 2.24) is 0 Å². The fraction of sp³-hybridized carbons (Fsp3) is 0.875. The van der Waals surface area contributed by atoms with Crippen LogP contribution in [0.4, 0.5) is 0 Å². The Balaban J connectivity index is 2.42. The van der Waals surface area contributed by atoms with Gasteiger partial charge in [0, 0.05) is 25.2 Å². The van der Waals surface area contributed by atoms with E-state index in [0.29, 0.717) is 36.7 Å². The van der Waals surface area contributed by atoms with Gasteiger partial charge in [-0.15, -0.1) is 0 Å². The molecule has 1 fully saturated rings. The monoisotopic (exact) mass is 889 g/mol. The van der Waals surface area contributed by atoms with E-state index < -0.39 is 50.8 Å². The van der Waals surface area contributed by atoms with Crippen LogP contribution in [0.3, 0.4) is 0 Å². The maximum Gasteiger partial charge on any atom is 0.472 e. The van der Waals surface area contributed by atoms with Gasteiger partial charge in [0.25, 0.3) is 0 Å². The van der Waals surface area contributed by atoms with Crippen LogP contribution in [0.5, 0.6) is 0 Å². The smallest absolute Gasteiger partial charge is 0.462 e. The van der Waals surface area contributed by atoms with E-state index >= 15 is 0 Å². The highest BCUT2D eigenvalue weighted by atomic mass is 31.2. The number of phosphoric ester groups is 1. The van der Waals surface area contributed by atoms with Gasteiger partial charge < -0.3 is 34.2 Å². The molecule has 358 valence electrons. The molecular formula is C48H91NO11P+. The third-order valence-electron chi connectivity index (χ3n) is 11.6. The van der Waals surface area contributed by atoms with E-state index in [0.717, 1.165) is 70.6 Å². The molecule has 0 spiro atoms. The zero-order valence-electron chi connectivity index (χ0n) is 39.2. The molecule has 0 aromatic rings. The minimum atomic E-state index is -4.43. The second-order valence-corrected chi connectivity index (χ2v) is 19.9. The highest BCUT2D eigenvalue weighted by Gasteiger charge is 2.39. The van der Waals surface area contributed by atoms with E-state index in [1.807, 2.05) is 27.2 Å². The molecule has 0 heterocycles. The normalized spacial score (nSPS) is 20.3. The summed E-state index contributed by atoms with van der Waals surface area (Å²) >= 11 is 0. The molecule has 1 aliphatic carbocycles. The van der Waals surface area contributed by atoms with Crippen molar-refractivity contribution in [2.75, 3.05) is 47.5 Å². The summed E-state index contributed by atoms with van der Waals surface area (Å²) in [7, 11) is 1.36. The molecule has 0 aromatic carbocycles. The highest BCUT2D eigenvalue weighted by molar-refractivity contribution is 7.47. The second kappa shape index (κ2) is 35.7. The number of nitrogens with zero attached hydrogens (tertiary/aromatic N) is 1. The second-order valence-electron chi connectivity index (χ2n) is 18.5. The van der Waals surface area contributed by atoms with Crippen molar-refractivity contribution >= 4 is 19.8 Å². The molecular weight excluding hydrogens is 797 g/mol. The van der Waals surface area contributed by atoms with Crippen molar-refractivity contribution in [1.29, 1.82) is 0 Å². The third kappa shape index (κ3) is 32.7. The van der Waals surface area contributed by atoms with Crippen LogP contribution in [-0.2, 0) is 32.7 Å². The van der Waals surface area contributed by atoms with Gasteiger partial charge in [-0.25, -0.2) is 4.57 Å². The van der Waals surface area contributed by atoms with Crippen molar-refractivity contribution in [3.8, 4) is 0 Å². The number of ether oxygens (including phenoxy) is 2. The Morgan fingerprint density at radius 3 is 1.85 bits per heavy atom. The minimum absolute atomic E-state index is 0.00275. The van der Waals surface area contributed by atoms with Gasteiger partial charge in [-0.3, -0.25) is 18.6 Å². The molecule has 0 radical (unpaired) electrons. The number of esters is 2. The van der Waals surface area contributed by atoms with Crippen LogP contribution in [0.15, 0.2) is 24.3 Å². The molecule has 1 aliphatic rings. The SMILES string of the molecule is CCCCCCCC/C=C\CCCCCCCCCC(=O)O[C@H](COC(=O)CCCCCC[C@@H]1[C@@H](/C=C/[C@@H](O)CCCCC)[C@H](O)C[C@@H]1O)COP(=O)(O)OCC[N+](C)(C)C. The van der Waals surface area contributed by atoms with Gasteiger partial charge in [0.2, 0.25) is 0 Å². The van der Waals surface area contributed by atoms with Gasteiger partial charge in [0.15, 0.2) is 6.10 Å². The summed E-state index contributed by atoms with van der Waals surface area (Å²) in [6.07, 6.45) is 31.4. The van der Waals surface area contributed by atoms with Crippen molar-refractivity contribution in [2.45, 2.75) is 212 Å². The van der Waals surface area contributed by atoms with Crippen molar-refractivity contribution in [2.24, 2.45) is 11.8 Å². The molecule has 1 rings (SSSR count). The molecule has 1 unspecified atom stereocenters. The standard InChI is InChI=1S/C48H90NO11P/c1-6-8-10-11-12-13-14-15-16-17-18-19-20-21-22-23-29-33-48(54)60-42(40-59-61(55,56)58-37-36-49(3,4)5)39-57-47(53)32-28-25-24-27-31-43-44(46(52)38-45(43)51)35-34-41(50)30-26-9-7-2/h15-16,34-35,41-46,50-52H,6-14,17-33,36-40H2,1-5H3/p+1/b16-15-,35-34+/t41-,42+,43+,44+,45-,46+/m0/s1. The molecule has 1 saturated carbocycles. The van der Waals surface area contributed by atoms with Gasteiger partial charge in [0.1, 0.15) is 19.8 Å². The van der Waals surface area contributed by atoms with Gasteiger partial charge in [-0.2, -0.15) is 0 Å². The number of unbranched alkanes of at least 4 members (excludes halogenated alkanes) is 18. The van der Waals surface area contributed by atoms with Crippen LogP contribution in [0.25, 0.3) is 0 Å². The van der Waals surface area contributed by atoms with Crippen LogP contribution in [0.2, 0.25) is 0 Å². The van der Waals surface area contributed by atoms with Crippen molar-refractivity contribution in [3.63, 3.8) is 0 Å². The molecule has 0 saturated heterocycles. The summed E-state index contributed by atoms with van der Waals surface area (Å²) in [5.41, 5.74) is 0. The highest BCUT2D eigenvalue weighted by Crippen LogP contribution is 2.43. The Morgan fingerprint density at radius 2 is 1.25 bits per heavy atom. The van der Waals surface area contributed by atoms with Crippen LogP contribution in [0.1, 0.15) is 187 Å². The molecule has 0 aliphatic heterocycles. The Hall–Kier alpha value is -1.63. The average Bonchev–Trinajstić information content (AvgIpc) is 3.47. The van der Waals surface area contributed by atoms with Crippen LogP contribution >= 0.6 is 7.82 Å². The number of phosphoric acid groups is 1. The van der Waals surface area contributed by atoms with E-state index in [4.69, 9.17) is 18.5 Å². The Morgan fingerprint density at radius 1 is 0.705 bits per heavy atom. The Bertz CT molecular complexity index is 1210. The quantitative estimate of drug-likeness (QED) is 0.0152. The molecule has 4 N–H and O–H groups in total. The first-order valence-corrected chi connectivity index (χ1v) is 25.8. The fourth-order valence-electron chi connectivity index (χ4n) is 7.69. The number of carbonyl (C=O) groups is 2. The van der Waals surface area contributed by atoms with E-state index in [1.165, 1.54) is 64.2 Å². The predicted molar refractivity (Wildman–Crippen MR) is 245 cm³/mol. The zero-order valence-corrected chi connectivity index (χ0v) is 40.1. The number of allylic oxidation sites excluding steroid dienone is 2. The van der Waals surface area contributed by atoms with Gasteiger partial charge in [-0.05, 0) is 57.3 Å². The molecule has 0 amide bonds. The average molecular weight is 889 g/mol. The lowest BCUT2D eigenvalue weighted by atomic mass is 9.88. The predicted octanol–water partition coefficient (Wildman–Crippen LogP) is 10.3. The summed E-state index contributed by atoms with van der Waals surface area (Å²) < 4.78 is 34.4. The molecule has 7 atom stereocenters. The largest absolute Gasteiger partial charge is 0.472 e. The lowest BCUT2D eigenvalue weighted by Gasteiger charge is -2.24. The number of quaternary nitrogens is 1. The number of aliphatic hydroxyl groups excluding tert-OH is 3. The number of aliphatic hydroxyl groups is 3. The van der Waals surface area contributed by atoms with E-state index in [9.17, 15) is 34.4 Å². The maximum atomic E-state index is 12.8. The first kappa shape index (κ1) is 57.4. The van der Waals surface area contributed by atoms with E-state index in [-0.39, 0.29) is 37.9 Å². The lowest BCUT2D eigenvalue weighted by molar-refractivity contribution is -0.870. The molecule has 61 heavy (non-hydrogen) atoms. The Kier molecular flexibility index (Phi) is 33.6.